The van der Waals surface area contributed by atoms with Gasteiger partial charge in [0.25, 0.3) is 0 Å². The zero-order valence-electron chi connectivity index (χ0n) is 17.9. The van der Waals surface area contributed by atoms with Crippen LogP contribution in [0.15, 0.2) is 97.6 Å². The van der Waals surface area contributed by atoms with E-state index in [2.05, 4.69) is 72.5 Å². The van der Waals surface area contributed by atoms with Gasteiger partial charge < -0.3 is 0 Å². The minimum Gasteiger partial charge on any atom is -0.284 e. The molecule has 0 amide bonds. The lowest BCUT2D eigenvalue weighted by atomic mass is 9.98. The molecule has 4 heteroatoms. The van der Waals surface area contributed by atoms with Crippen molar-refractivity contribution in [1.29, 1.82) is 0 Å². The number of thiophene rings is 2. The quantitative estimate of drug-likeness (QED) is 0.202. The molecule has 0 saturated heterocycles. The van der Waals surface area contributed by atoms with Crippen molar-refractivity contribution in [2.45, 2.75) is 0 Å². The zero-order valence-corrected chi connectivity index (χ0v) is 19.6. The summed E-state index contributed by atoms with van der Waals surface area (Å²) in [4.78, 5) is 0. The Morgan fingerprint density at radius 3 is 1.35 bits per heavy atom. The van der Waals surface area contributed by atoms with E-state index in [-0.39, 0.29) is 0 Å². The maximum Gasteiger partial charge on any atom is 0.0536 e. The highest BCUT2D eigenvalue weighted by Crippen LogP contribution is 2.47. The van der Waals surface area contributed by atoms with Crippen molar-refractivity contribution in [3.63, 3.8) is 0 Å². The Morgan fingerprint density at radius 2 is 0.912 bits per heavy atom. The summed E-state index contributed by atoms with van der Waals surface area (Å²) in [6.45, 7) is 0. The third-order valence-electron chi connectivity index (χ3n) is 5.97. The highest BCUT2D eigenvalue weighted by Gasteiger charge is 2.20. The smallest absolute Gasteiger partial charge is 0.0536 e. The van der Waals surface area contributed by atoms with Gasteiger partial charge in [-0.05, 0) is 48.2 Å². The molecule has 0 saturated carbocycles. The molecule has 0 aliphatic rings. The number of benzene rings is 3. The van der Waals surface area contributed by atoms with Crippen molar-refractivity contribution in [1.82, 2.24) is 9.13 Å². The van der Waals surface area contributed by atoms with E-state index in [1.54, 1.807) is 0 Å². The molecule has 0 aliphatic heterocycles. The Balaban J connectivity index is 1.69. The minimum atomic E-state index is 1.09. The van der Waals surface area contributed by atoms with Crippen LogP contribution in [0.2, 0.25) is 0 Å². The van der Waals surface area contributed by atoms with Crippen LogP contribution in [0.5, 0.6) is 0 Å². The van der Waals surface area contributed by atoms with Crippen LogP contribution in [0, 0.1) is 23.9 Å². The van der Waals surface area contributed by atoms with Crippen molar-refractivity contribution in [3.05, 3.63) is 109 Å². The van der Waals surface area contributed by atoms with Crippen LogP contribution >= 0.6 is 22.7 Å². The van der Waals surface area contributed by atoms with Crippen molar-refractivity contribution < 1.29 is 0 Å². The summed E-state index contributed by atoms with van der Waals surface area (Å²) in [5.74, 6) is 7.09. The molecule has 0 unspecified atom stereocenters. The third-order valence-corrected chi connectivity index (χ3v) is 8.35. The number of fused-ring (bicyclic) bond motifs is 6. The molecule has 34 heavy (non-hydrogen) atoms. The second-order valence-electron chi connectivity index (χ2n) is 8.01. The molecule has 0 fully saturated rings. The average molecular weight is 469 g/mol. The molecule has 0 N–H and O–H groups in total. The number of nitrogens with zero attached hydrogens (tertiary/aromatic N) is 2. The van der Waals surface area contributed by atoms with E-state index in [1.807, 2.05) is 80.9 Å². The molecule has 4 aromatic heterocycles. The van der Waals surface area contributed by atoms with Gasteiger partial charge in [0.15, 0.2) is 0 Å². The van der Waals surface area contributed by atoms with Crippen molar-refractivity contribution in [2.75, 3.05) is 0 Å². The first-order valence-electron chi connectivity index (χ1n) is 11.0. The Kier molecular flexibility index (Phi) is 4.35. The first kappa shape index (κ1) is 19.3. The summed E-state index contributed by atoms with van der Waals surface area (Å²) < 4.78 is 8.75. The maximum absolute atomic E-state index is 3.55. The van der Waals surface area contributed by atoms with Crippen LogP contribution in [0.3, 0.4) is 0 Å². The molecular formula is C30H16N2S2. The van der Waals surface area contributed by atoms with Gasteiger partial charge in [-0.3, -0.25) is 9.13 Å². The SMILES string of the molecule is C(#Cn1cccc1)c1c2sc3ccccc3c2c(C#Cn2cccc2)c2sc3ccccc3c12. The molecule has 3 aromatic carbocycles. The number of hydrogen-bond acceptors (Lipinski definition) is 2. The number of hydrogen-bond donors (Lipinski definition) is 0. The fourth-order valence-corrected chi connectivity index (χ4v) is 6.90. The van der Waals surface area contributed by atoms with Gasteiger partial charge in [-0.2, -0.15) is 0 Å². The van der Waals surface area contributed by atoms with Gasteiger partial charge in [0.05, 0.1) is 20.5 Å². The predicted octanol–water partition coefficient (Wildman–Crippen LogP) is 7.74. The van der Waals surface area contributed by atoms with E-state index in [1.165, 1.54) is 40.3 Å². The largest absolute Gasteiger partial charge is 0.284 e. The van der Waals surface area contributed by atoms with Gasteiger partial charge >= 0.3 is 0 Å². The molecule has 0 aliphatic carbocycles. The van der Waals surface area contributed by atoms with E-state index in [0.717, 1.165) is 11.1 Å². The van der Waals surface area contributed by atoms with E-state index in [4.69, 9.17) is 0 Å². The summed E-state index contributed by atoms with van der Waals surface area (Å²) in [6, 6.07) is 31.9. The monoisotopic (exact) mass is 468 g/mol. The van der Waals surface area contributed by atoms with E-state index in [9.17, 15) is 0 Å². The van der Waals surface area contributed by atoms with Crippen LogP contribution in [-0.2, 0) is 0 Å². The summed E-state index contributed by atoms with van der Waals surface area (Å²) in [5.41, 5.74) is 2.17. The lowest BCUT2D eigenvalue weighted by Gasteiger charge is -2.05. The fraction of sp³-hybridized carbons (Fsp3) is 0. The Morgan fingerprint density at radius 1 is 0.500 bits per heavy atom. The molecule has 0 radical (unpaired) electrons. The van der Waals surface area contributed by atoms with Crippen LogP contribution in [-0.4, -0.2) is 9.13 Å². The summed E-state index contributed by atoms with van der Waals surface area (Å²) >= 11 is 3.62. The molecule has 0 bridgehead atoms. The highest BCUT2D eigenvalue weighted by atomic mass is 32.1. The molecule has 4 heterocycles. The van der Waals surface area contributed by atoms with Gasteiger partial charge in [0, 0.05) is 67.8 Å². The topological polar surface area (TPSA) is 9.86 Å². The van der Waals surface area contributed by atoms with E-state index < -0.39 is 0 Å². The average Bonchev–Trinajstić information content (AvgIpc) is 3.67. The highest BCUT2D eigenvalue weighted by molar-refractivity contribution is 7.28. The molecule has 7 aromatic rings. The second-order valence-corrected chi connectivity index (χ2v) is 10.1. The first-order chi connectivity index (χ1) is 16.9. The standard InChI is InChI=1S/C30H16N2S2/c1-3-11-25-21(9-1)27-23(13-19-31-15-5-6-16-31)30-28(22-10-2-4-12-26(22)34-30)24(29(27)33-25)14-20-32-17-7-8-18-32/h1-12,15-18H. The summed E-state index contributed by atoms with van der Waals surface area (Å²) in [6.07, 6.45) is 7.92. The third kappa shape index (κ3) is 2.98. The lowest BCUT2D eigenvalue weighted by molar-refractivity contribution is 1.15. The van der Waals surface area contributed by atoms with Crippen LogP contribution < -0.4 is 0 Å². The Bertz CT molecular complexity index is 1810. The minimum absolute atomic E-state index is 1.09. The second kappa shape index (κ2) is 7.68. The summed E-state index contributed by atoms with van der Waals surface area (Å²) in [5, 5.41) is 4.89. The van der Waals surface area contributed by atoms with Crippen molar-refractivity contribution in [2.24, 2.45) is 0 Å². The summed E-state index contributed by atoms with van der Waals surface area (Å²) in [7, 11) is 0. The van der Waals surface area contributed by atoms with Crippen molar-refractivity contribution in [3.8, 4) is 23.9 Å². The lowest BCUT2D eigenvalue weighted by Crippen LogP contribution is -1.88. The van der Waals surface area contributed by atoms with Gasteiger partial charge in [-0.1, -0.05) is 36.4 Å². The van der Waals surface area contributed by atoms with E-state index in [0.29, 0.717) is 0 Å². The molecule has 158 valence electrons. The first-order valence-corrected chi connectivity index (χ1v) is 12.6. The number of rotatable bonds is 0. The maximum atomic E-state index is 3.55. The van der Waals surface area contributed by atoms with Gasteiger partial charge in [-0.15, -0.1) is 22.7 Å². The van der Waals surface area contributed by atoms with Gasteiger partial charge in [0.1, 0.15) is 0 Å². The van der Waals surface area contributed by atoms with Gasteiger partial charge in [0.2, 0.25) is 0 Å². The van der Waals surface area contributed by atoms with Gasteiger partial charge in [-0.25, -0.2) is 0 Å². The molecule has 7 rings (SSSR count). The molecule has 0 spiro atoms. The Labute approximate surface area is 204 Å². The van der Waals surface area contributed by atoms with Crippen molar-refractivity contribution >= 4 is 63.0 Å². The normalized spacial score (nSPS) is 11.1. The number of aromatic nitrogens is 2. The molecule has 2 nitrogen and oxygen atoms in total. The van der Waals surface area contributed by atoms with Crippen LogP contribution in [0.4, 0.5) is 0 Å². The van der Waals surface area contributed by atoms with Crippen LogP contribution in [0.1, 0.15) is 11.1 Å². The molecule has 0 atom stereocenters. The van der Waals surface area contributed by atoms with E-state index >= 15 is 0 Å². The Hall–Kier alpha value is -4.22. The zero-order chi connectivity index (χ0) is 22.5. The van der Waals surface area contributed by atoms with Crippen LogP contribution in [0.25, 0.3) is 40.3 Å². The fourth-order valence-electron chi connectivity index (χ4n) is 4.46. The predicted molar refractivity (Wildman–Crippen MR) is 146 cm³/mol. The molecular weight excluding hydrogens is 452 g/mol.